The minimum atomic E-state index is -0.371. The average molecular weight is 442 g/mol. The predicted octanol–water partition coefficient (Wildman–Crippen LogP) is 4.58. The summed E-state index contributed by atoms with van der Waals surface area (Å²) in [5, 5.41) is 11.4. The van der Waals surface area contributed by atoms with Crippen LogP contribution in [0.15, 0.2) is 53.1 Å². The Kier molecular flexibility index (Phi) is 5.80. The monoisotopic (exact) mass is 441 g/mol. The number of benzene rings is 2. The molecule has 0 bridgehead atoms. The molecule has 0 N–H and O–H groups in total. The van der Waals surface area contributed by atoms with Gasteiger partial charge in [0.2, 0.25) is 5.91 Å². The van der Waals surface area contributed by atoms with Crippen LogP contribution in [0.4, 0.5) is 5.69 Å². The molecular formula is C22H20ClN3O3S. The number of hydrogen-bond donors (Lipinski definition) is 0. The summed E-state index contributed by atoms with van der Waals surface area (Å²) >= 11 is 7.61. The molecule has 1 fully saturated rings. The molecule has 30 heavy (non-hydrogen) atoms. The average Bonchev–Trinajstić information content (AvgIpc) is 2.78. The van der Waals surface area contributed by atoms with E-state index in [4.69, 9.17) is 21.1 Å². The van der Waals surface area contributed by atoms with Gasteiger partial charge in [-0.2, -0.15) is 5.26 Å². The fourth-order valence-corrected chi connectivity index (χ4v) is 5.13. The highest BCUT2D eigenvalue weighted by atomic mass is 35.5. The summed E-state index contributed by atoms with van der Waals surface area (Å²) in [5.74, 6) is 1.51. The number of methoxy groups -OCH3 is 2. The van der Waals surface area contributed by atoms with Gasteiger partial charge < -0.3 is 14.4 Å². The van der Waals surface area contributed by atoms with E-state index in [0.717, 1.165) is 11.3 Å². The van der Waals surface area contributed by atoms with Crippen LogP contribution in [0.3, 0.4) is 0 Å². The van der Waals surface area contributed by atoms with Gasteiger partial charge in [-0.1, -0.05) is 29.4 Å². The largest absolute Gasteiger partial charge is 0.497 e. The first-order valence-corrected chi connectivity index (χ1v) is 10.7. The lowest BCUT2D eigenvalue weighted by atomic mass is 9.86. The van der Waals surface area contributed by atoms with Gasteiger partial charge in [-0.05, 0) is 36.4 Å². The zero-order valence-electron chi connectivity index (χ0n) is 16.6. The number of nitrogens with zero attached hydrogens (tertiary/aromatic N) is 3. The van der Waals surface area contributed by atoms with Gasteiger partial charge in [0, 0.05) is 28.6 Å². The van der Waals surface area contributed by atoms with Gasteiger partial charge in [0.1, 0.15) is 11.5 Å². The van der Waals surface area contributed by atoms with Crippen molar-refractivity contribution in [3.05, 3.63) is 63.7 Å². The van der Waals surface area contributed by atoms with Gasteiger partial charge in [-0.15, -0.1) is 0 Å². The molecule has 1 atom stereocenters. The SMILES string of the molecule is COc1ccc(OC)c([C@H]2CC(=O)N3CN(c4cccc(Cl)c4)CSC3=C2C#N)c1. The molecule has 2 aliphatic rings. The van der Waals surface area contributed by atoms with Crippen LogP contribution in [0.5, 0.6) is 11.5 Å². The Hall–Kier alpha value is -2.82. The number of halogens is 1. The number of thioether (sulfide) groups is 1. The lowest BCUT2D eigenvalue weighted by Crippen LogP contribution is -2.47. The summed E-state index contributed by atoms with van der Waals surface area (Å²) in [5.41, 5.74) is 2.31. The van der Waals surface area contributed by atoms with Crippen molar-refractivity contribution in [1.29, 1.82) is 5.26 Å². The maximum atomic E-state index is 13.1. The second-order valence-electron chi connectivity index (χ2n) is 6.95. The van der Waals surface area contributed by atoms with E-state index < -0.39 is 0 Å². The highest BCUT2D eigenvalue weighted by Crippen LogP contribution is 2.46. The van der Waals surface area contributed by atoms with Gasteiger partial charge in [-0.25, -0.2) is 0 Å². The second kappa shape index (κ2) is 8.50. The van der Waals surface area contributed by atoms with Gasteiger partial charge in [-0.3, -0.25) is 9.69 Å². The number of nitriles is 1. The highest BCUT2D eigenvalue weighted by molar-refractivity contribution is 8.03. The van der Waals surface area contributed by atoms with Crippen LogP contribution in [0.2, 0.25) is 5.02 Å². The summed E-state index contributed by atoms with van der Waals surface area (Å²) < 4.78 is 10.9. The summed E-state index contributed by atoms with van der Waals surface area (Å²) in [6, 6.07) is 15.3. The number of carbonyl (C=O) groups is 1. The third-order valence-corrected chi connectivity index (χ3v) is 6.67. The van der Waals surface area contributed by atoms with E-state index in [1.807, 2.05) is 30.3 Å². The van der Waals surface area contributed by atoms with E-state index in [-0.39, 0.29) is 18.2 Å². The molecule has 0 unspecified atom stereocenters. The van der Waals surface area contributed by atoms with Gasteiger partial charge >= 0.3 is 0 Å². The minimum Gasteiger partial charge on any atom is -0.497 e. The van der Waals surface area contributed by atoms with Crippen LogP contribution in [-0.4, -0.2) is 37.6 Å². The molecule has 2 aromatic carbocycles. The Morgan fingerprint density at radius 3 is 2.73 bits per heavy atom. The zero-order valence-corrected chi connectivity index (χ0v) is 18.2. The van der Waals surface area contributed by atoms with Crippen LogP contribution in [-0.2, 0) is 4.79 Å². The summed E-state index contributed by atoms with van der Waals surface area (Å²) in [6.45, 7) is 0.384. The molecule has 2 heterocycles. The molecule has 0 aromatic heterocycles. The van der Waals surface area contributed by atoms with Gasteiger partial charge in [0.25, 0.3) is 0 Å². The first-order valence-electron chi connectivity index (χ1n) is 9.35. The normalized spacial score (nSPS) is 18.7. The Morgan fingerprint density at radius 2 is 2.03 bits per heavy atom. The molecular weight excluding hydrogens is 422 g/mol. The van der Waals surface area contributed by atoms with Crippen LogP contribution in [0.1, 0.15) is 17.9 Å². The minimum absolute atomic E-state index is 0.0295. The molecule has 0 spiro atoms. The molecule has 2 aromatic rings. The van der Waals surface area contributed by atoms with E-state index in [0.29, 0.717) is 39.7 Å². The highest BCUT2D eigenvalue weighted by Gasteiger charge is 2.39. The zero-order chi connectivity index (χ0) is 21.3. The molecule has 8 heteroatoms. The Morgan fingerprint density at radius 1 is 1.20 bits per heavy atom. The first kappa shape index (κ1) is 20.5. The Balaban J connectivity index is 1.71. The number of allylic oxidation sites excluding steroid dienone is 1. The molecule has 0 aliphatic carbocycles. The van der Waals surface area contributed by atoms with Crippen molar-refractivity contribution in [3.63, 3.8) is 0 Å². The van der Waals surface area contributed by atoms with Crippen molar-refractivity contribution in [2.24, 2.45) is 0 Å². The van der Waals surface area contributed by atoms with Crippen molar-refractivity contribution in [2.75, 3.05) is 31.7 Å². The van der Waals surface area contributed by atoms with Crippen molar-refractivity contribution in [2.45, 2.75) is 12.3 Å². The maximum Gasteiger partial charge on any atom is 0.229 e. The molecule has 154 valence electrons. The van der Waals surface area contributed by atoms with E-state index >= 15 is 0 Å². The number of carbonyl (C=O) groups excluding carboxylic acids is 1. The summed E-state index contributed by atoms with van der Waals surface area (Å²) in [6.07, 6.45) is 0.194. The lowest BCUT2D eigenvalue weighted by Gasteiger charge is -2.42. The van der Waals surface area contributed by atoms with Crippen molar-refractivity contribution in [1.82, 2.24) is 4.90 Å². The smallest absolute Gasteiger partial charge is 0.229 e. The molecule has 1 amide bonds. The fourth-order valence-electron chi connectivity index (χ4n) is 3.78. The maximum absolute atomic E-state index is 13.1. The van der Waals surface area contributed by atoms with Crippen molar-refractivity contribution >= 4 is 35.0 Å². The number of ether oxygens (including phenoxy) is 2. The standard InChI is InChI=1S/C22H20ClN3O3S/c1-28-16-6-7-20(29-2)18(9-16)17-10-21(27)26-12-25(13-30-22(26)19(17)11-24)15-5-3-4-14(23)8-15/h3-9,17H,10,12-13H2,1-2H3/t17-/m1/s1. The summed E-state index contributed by atoms with van der Waals surface area (Å²) in [7, 11) is 3.17. The number of amides is 1. The predicted molar refractivity (Wildman–Crippen MR) is 118 cm³/mol. The topological polar surface area (TPSA) is 65.8 Å². The number of rotatable bonds is 4. The van der Waals surface area contributed by atoms with Crippen LogP contribution in [0, 0.1) is 11.3 Å². The number of hydrogen-bond acceptors (Lipinski definition) is 6. The third-order valence-electron chi connectivity index (χ3n) is 5.28. The molecule has 0 radical (unpaired) electrons. The van der Waals surface area contributed by atoms with E-state index in [2.05, 4.69) is 11.0 Å². The van der Waals surface area contributed by atoms with E-state index in [9.17, 15) is 10.1 Å². The van der Waals surface area contributed by atoms with Crippen LogP contribution < -0.4 is 14.4 Å². The fraction of sp³-hybridized carbons (Fsp3) is 0.273. The molecule has 1 saturated heterocycles. The van der Waals surface area contributed by atoms with E-state index in [1.165, 1.54) is 11.8 Å². The Labute approximate surface area is 184 Å². The molecule has 6 nitrogen and oxygen atoms in total. The quantitative estimate of drug-likeness (QED) is 0.692. The van der Waals surface area contributed by atoms with Gasteiger partial charge in [0.15, 0.2) is 0 Å². The first-order chi connectivity index (χ1) is 14.5. The van der Waals surface area contributed by atoms with Gasteiger partial charge in [0.05, 0.1) is 43.4 Å². The molecule has 4 rings (SSSR count). The van der Waals surface area contributed by atoms with Crippen LogP contribution >= 0.6 is 23.4 Å². The van der Waals surface area contributed by atoms with Crippen molar-refractivity contribution in [3.8, 4) is 17.6 Å². The lowest BCUT2D eigenvalue weighted by molar-refractivity contribution is -0.129. The summed E-state index contributed by atoms with van der Waals surface area (Å²) in [4.78, 5) is 16.9. The van der Waals surface area contributed by atoms with E-state index in [1.54, 1.807) is 31.3 Å². The Bertz CT molecular complexity index is 1070. The number of anilines is 1. The third kappa shape index (κ3) is 3.69. The second-order valence-corrected chi connectivity index (χ2v) is 8.32. The van der Waals surface area contributed by atoms with Crippen LogP contribution in [0.25, 0.3) is 0 Å². The molecule has 0 saturated carbocycles. The number of fused-ring (bicyclic) bond motifs is 1. The van der Waals surface area contributed by atoms with Crippen molar-refractivity contribution < 1.29 is 14.3 Å². The molecule has 2 aliphatic heterocycles.